The lowest BCUT2D eigenvalue weighted by Gasteiger charge is -2.33. The molecular formula is C23H32IN3O4. The zero-order valence-corrected chi connectivity index (χ0v) is 20.5. The van der Waals surface area contributed by atoms with Gasteiger partial charge in [-0.25, -0.2) is 4.99 Å². The Kier molecular flexibility index (Phi) is 10.7. The van der Waals surface area contributed by atoms with Crippen molar-refractivity contribution in [3.8, 4) is 5.75 Å². The lowest BCUT2D eigenvalue weighted by Crippen LogP contribution is -2.47. The second kappa shape index (κ2) is 13.2. The Balaban J connectivity index is 0.00000341. The largest absolute Gasteiger partial charge is 0.497 e. The van der Waals surface area contributed by atoms with Crippen LogP contribution in [0.3, 0.4) is 0 Å². The maximum absolute atomic E-state index is 12.0. The van der Waals surface area contributed by atoms with Gasteiger partial charge in [0.25, 0.3) is 0 Å². The molecule has 0 saturated carbocycles. The van der Waals surface area contributed by atoms with E-state index in [1.165, 1.54) is 0 Å². The minimum atomic E-state index is -0.0837. The molecule has 0 radical (unpaired) electrons. The van der Waals surface area contributed by atoms with E-state index in [4.69, 9.17) is 18.9 Å². The molecule has 0 amide bonds. The Hall–Kier alpha value is -2.23. The van der Waals surface area contributed by atoms with E-state index in [-0.39, 0.29) is 35.9 Å². The predicted octanol–water partition coefficient (Wildman–Crippen LogP) is 3.87. The van der Waals surface area contributed by atoms with Gasteiger partial charge in [0.05, 0.1) is 32.4 Å². The van der Waals surface area contributed by atoms with Crippen molar-refractivity contribution in [3.05, 3.63) is 54.0 Å². The number of ether oxygens (including phenoxy) is 2. The smallest absolute Gasteiger partial charge is 0.309 e. The van der Waals surface area contributed by atoms with Crippen molar-refractivity contribution in [2.24, 2.45) is 10.9 Å². The predicted molar refractivity (Wildman–Crippen MR) is 131 cm³/mol. The summed E-state index contributed by atoms with van der Waals surface area (Å²) >= 11 is 0. The number of hydrogen-bond acceptors (Lipinski definition) is 5. The van der Waals surface area contributed by atoms with Gasteiger partial charge in [-0.05, 0) is 49.6 Å². The fourth-order valence-electron chi connectivity index (χ4n) is 3.50. The normalized spacial score (nSPS) is 14.6. The number of likely N-dealkylation sites (tertiary alicyclic amines) is 1. The van der Waals surface area contributed by atoms with Crippen LogP contribution in [0.1, 0.15) is 31.1 Å². The van der Waals surface area contributed by atoms with Gasteiger partial charge in [-0.15, -0.1) is 24.0 Å². The van der Waals surface area contributed by atoms with Gasteiger partial charge in [-0.1, -0.05) is 12.1 Å². The first-order chi connectivity index (χ1) is 14.7. The third-order valence-electron chi connectivity index (χ3n) is 5.22. The van der Waals surface area contributed by atoms with E-state index in [2.05, 4.69) is 10.2 Å². The second-order valence-corrected chi connectivity index (χ2v) is 7.26. The minimum absolute atomic E-state index is 0. The van der Waals surface area contributed by atoms with Crippen LogP contribution in [0.15, 0.2) is 52.1 Å². The maximum Gasteiger partial charge on any atom is 0.309 e. The van der Waals surface area contributed by atoms with Crippen LogP contribution in [0.25, 0.3) is 0 Å². The van der Waals surface area contributed by atoms with Crippen molar-refractivity contribution in [1.29, 1.82) is 0 Å². The lowest BCUT2D eigenvalue weighted by molar-refractivity contribution is -0.149. The Morgan fingerprint density at radius 2 is 1.97 bits per heavy atom. The number of methoxy groups -OCH3 is 1. The highest BCUT2D eigenvalue weighted by Crippen LogP contribution is 2.19. The van der Waals surface area contributed by atoms with Crippen LogP contribution in [0.2, 0.25) is 0 Å². The highest BCUT2D eigenvalue weighted by molar-refractivity contribution is 14.0. The Morgan fingerprint density at radius 3 is 2.58 bits per heavy atom. The van der Waals surface area contributed by atoms with Crippen molar-refractivity contribution >= 4 is 35.9 Å². The van der Waals surface area contributed by atoms with Crippen molar-refractivity contribution in [2.45, 2.75) is 32.7 Å². The number of nitrogens with zero attached hydrogens (tertiary/aromatic N) is 2. The SMILES string of the molecule is CCOC(=O)C1CCN(C(=NCc2ccc(OC)cc2)NCCc2ccco2)CC1.I. The van der Waals surface area contributed by atoms with Gasteiger partial charge in [-0.3, -0.25) is 4.79 Å². The molecule has 1 aliphatic heterocycles. The number of hydrogen-bond donors (Lipinski definition) is 1. The summed E-state index contributed by atoms with van der Waals surface area (Å²) in [6.07, 6.45) is 4.03. The molecule has 170 valence electrons. The maximum atomic E-state index is 12.0. The second-order valence-electron chi connectivity index (χ2n) is 7.26. The number of nitrogens with one attached hydrogen (secondary N) is 1. The number of carbonyl (C=O) groups excluding carboxylic acids is 1. The number of rotatable bonds is 8. The first kappa shape index (κ1) is 25.0. The molecule has 1 aromatic heterocycles. The molecule has 1 aliphatic rings. The van der Waals surface area contributed by atoms with Gasteiger partial charge in [0.15, 0.2) is 5.96 Å². The summed E-state index contributed by atoms with van der Waals surface area (Å²) in [7, 11) is 1.66. The Bertz CT molecular complexity index is 801. The van der Waals surface area contributed by atoms with Gasteiger partial charge in [0.1, 0.15) is 11.5 Å². The van der Waals surface area contributed by atoms with Crippen LogP contribution in [0.4, 0.5) is 0 Å². The van der Waals surface area contributed by atoms with E-state index in [9.17, 15) is 4.79 Å². The summed E-state index contributed by atoms with van der Waals surface area (Å²) in [5, 5.41) is 3.46. The van der Waals surface area contributed by atoms with Crippen molar-refractivity contribution in [2.75, 3.05) is 33.4 Å². The number of benzene rings is 1. The molecular weight excluding hydrogens is 509 g/mol. The molecule has 0 aliphatic carbocycles. The van der Waals surface area contributed by atoms with Crippen LogP contribution in [0.5, 0.6) is 5.75 Å². The summed E-state index contributed by atoms with van der Waals surface area (Å²) in [6.45, 7) is 5.14. The lowest BCUT2D eigenvalue weighted by atomic mass is 9.97. The first-order valence-electron chi connectivity index (χ1n) is 10.5. The molecule has 1 fully saturated rings. The summed E-state index contributed by atoms with van der Waals surface area (Å²) in [4.78, 5) is 19.1. The zero-order valence-electron chi connectivity index (χ0n) is 18.2. The molecule has 2 aromatic rings. The van der Waals surface area contributed by atoms with E-state index in [1.807, 2.05) is 43.3 Å². The highest BCUT2D eigenvalue weighted by atomic mass is 127. The van der Waals surface area contributed by atoms with Gasteiger partial charge in [0.2, 0.25) is 0 Å². The molecule has 0 unspecified atom stereocenters. The van der Waals surface area contributed by atoms with Crippen LogP contribution >= 0.6 is 24.0 Å². The van der Waals surface area contributed by atoms with Crippen LogP contribution in [-0.4, -0.2) is 50.2 Å². The molecule has 7 nitrogen and oxygen atoms in total. The highest BCUT2D eigenvalue weighted by Gasteiger charge is 2.27. The molecule has 2 heterocycles. The van der Waals surface area contributed by atoms with Gasteiger partial charge in [-0.2, -0.15) is 0 Å². The molecule has 0 atom stereocenters. The fraction of sp³-hybridized carbons (Fsp3) is 0.478. The van der Waals surface area contributed by atoms with E-state index >= 15 is 0 Å². The molecule has 0 spiro atoms. The molecule has 31 heavy (non-hydrogen) atoms. The zero-order chi connectivity index (χ0) is 21.2. The average Bonchev–Trinajstić information content (AvgIpc) is 3.30. The fourth-order valence-corrected chi connectivity index (χ4v) is 3.50. The van der Waals surface area contributed by atoms with E-state index < -0.39 is 0 Å². The number of esters is 1. The van der Waals surface area contributed by atoms with Gasteiger partial charge >= 0.3 is 5.97 Å². The van der Waals surface area contributed by atoms with Crippen LogP contribution < -0.4 is 10.1 Å². The van der Waals surface area contributed by atoms with Crippen molar-refractivity contribution in [1.82, 2.24) is 10.2 Å². The van der Waals surface area contributed by atoms with E-state index in [0.29, 0.717) is 13.2 Å². The Labute approximate surface area is 201 Å². The molecule has 0 bridgehead atoms. The molecule has 8 heteroatoms. The molecule has 3 rings (SSSR count). The number of halogens is 1. The van der Waals surface area contributed by atoms with Crippen LogP contribution in [0, 0.1) is 5.92 Å². The number of furan rings is 1. The summed E-state index contributed by atoms with van der Waals surface area (Å²) in [5.41, 5.74) is 1.11. The van der Waals surface area contributed by atoms with Gasteiger partial charge < -0.3 is 24.1 Å². The summed E-state index contributed by atoms with van der Waals surface area (Å²) in [5.74, 6) is 2.53. The summed E-state index contributed by atoms with van der Waals surface area (Å²) in [6, 6.07) is 11.8. The number of carbonyl (C=O) groups is 1. The summed E-state index contributed by atoms with van der Waals surface area (Å²) < 4.78 is 15.8. The van der Waals surface area contributed by atoms with Gasteiger partial charge in [0, 0.05) is 26.1 Å². The molecule has 1 N–H and O–H groups in total. The van der Waals surface area contributed by atoms with E-state index in [1.54, 1.807) is 13.4 Å². The van der Waals surface area contributed by atoms with Crippen LogP contribution in [-0.2, 0) is 22.5 Å². The topological polar surface area (TPSA) is 76.3 Å². The number of piperidine rings is 1. The third kappa shape index (κ3) is 7.75. The quantitative estimate of drug-likeness (QED) is 0.237. The third-order valence-corrected chi connectivity index (χ3v) is 5.22. The number of guanidine groups is 1. The Morgan fingerprint density at radius 1 is 1.23 bits per heavy atom. The number of aliphatic imine (C=N–C) groups is 1. The van der Waals surface area contributed by atoms with Crippen molar-refractivity contribution in [3.63, 3.8) is 0 Å². The van der Waals surface area contributed by atoms with Crippen molar-refractivity contribution < 1.29 is 18.7 Å². The molecule has 1 saturated heterocycles. The molecule has 1 aromatic carbocycles. The monoisotopic (exact) mass is 541 g/mol. The standard InChI is InChI=1S/C23H31N3O4.HI/c1-3-29-22(27)19-11-14-26(15-12-19)23(24-13-10-21-5-4-16-30-21)25-17-18-6-8-20(28-2)9-7-18;/h4-9,16,19H,3,10-15,17H2,1-2H3,(H,24,25);1H. The minimum Gasteiger partial charge on any atom is -0.497 e. The first-order valence-corrected chi connectivity index (χ1v) is 10.5. The van der Waals surface area contributed by atoms with E-state index in [0.717, 1.165) is 61.9 Å². The average molecular weight is 541 g/mol.